The van der Waals surface area contributed by atoms with E-state index in [9.17, 15) is 0 Å². The Kier molecular flexibility index (Phi) is 7.91. The van der Waals surface area contributed by atoms with Crippen LogP contribution in [0.1, 0.15) is 0 Å². The van der Waals surface area contributed by atoms with Gasteiger partial charge in [-0.25, -0.2) is 0 Å². The summed E-state index contributed by atoms with van der Waals surface area (Å²) in [6.45, 7) is 0. The summed E-state index contributed by atoms with van der Waals surface area (Å²) >= 11 is 3.53. The SMILES string of the molecule is Brc1ccc(-c2ccc(-c3ccc(N(c4ccccc4-c4ccccc4)c4ccccc4-c4ccccc4)cc3)cc2)cc1. The lowest BCUT2D eigenvalue weighted by Gasteiger charge is -2.30. The lowest BCUT2D eigenvalue weighted by atomic mass is 9.98. The van der Waals surface area contributed by atoms with E-state index in [4.69, 9.17) is 0 Å². The molecule has 2 heteroatoms. The Labute approximate surface area is 267 Å². The van der Waals surface area contributed by atoms with E-state index in [1.54, 1.807) is 0 Å². The van der Waals surface area contributed by atoms with Crippen LogP contribution in [0, 0.1) is 0 Å². The van der Waals surface area contributed by atoms with Crippen LogP contribution in [0.3, 0.4) is 0 Å². The molecule has 0 heterocycles. The van der Waals surface area contributed by atoms with Crippen LogP contribution < -0.4 is 4.90 Å². The van der Waals surface area contributed by atoms with Crippen LogP contribution in [0.5, 0.6) is 0 Å². The fourth-order valence-corrected chi connectivity index (χ4v) is 6.03. The third-order valence-electron chi connectivity index (χ3n) is 7.98. The second-order valence-electron chi connectivity index (χ2n) is 10.7. The molecule has 0 atom stereocenters. The van der Waals surface area contributed by atoms with Gasteiger partial charge >= 0.3 is 0 Å². The van der Waals surface area contributed by atoms with Gasteiger partial charge in [0.2, 0.25) is 0 Å². The van der Waals surface area contributed by atoms with Gasteiger partial charge in [0.15, 0.2) is 0 Å². The van der Waals surface area contributed by atoms with Gasteiger partial charge in [-0.3, -0.25) is 0 Å². The summed E-state index contributed by atoms with van der Waals surface area (Å²) in [5.41, 5.74) is 12.9. The largest absolute Gasteiger partial charge is 0.309 e. The third kappa shape index (κ3) is 5.73. The Morgan fingerprint density at radius 3 is 1.07 bits per heavy atom. The van der Waals surface area contributed by atoms with Gasteiger partial charge in [-0.2, -0.15) is 0 Å². The normalized spacial score (nSPS) is 10.8. The quantitative estimate of drug-likeness (QED) is 0.170. The molecular formula is C42H30BrN. The van der Waals surface area contributed by atoms with Crippen LogP contribution in [0.25, 0.3) is 44.5 Å². The monoisotopic (exact) mass is 627 g/mol. The summed E-state index contributed by atoms with van der Waals surface area (Å²) in [6.07, 6.45) is 0. The second kappa shape index (κ2) is 12.6. The lowest BCUT2D eigenvalue weighted by molar-refractivity contribution is 1.28. The molecule has 7 aromatic rings. The third-order valence-corrected chi connectivity index (χ3v) is 8.51. The van der Waals surface area contributed by atoms with Gasteiger partial charge in [-0.05, 0) is 69.8 Å². The van der Waals surface area contributed by atoms with Crippen molar-refractivity contribution in [2.75, 3.05) is 4.90 Å². The minimum atomic E-state index is 1.09. The first-order valence-corrected chi connectivity index (χ1v) is 15.6. The molecule has 0 spiro atoms. The number of hydrogen-bond donors (Lipinski definition) is 0. The molecule has 0 fully saturated rings. The second-order valence-corrected chi connectivity index (χ2v) is 11.6. The number of nitrogens with zero attached hydrogens (tertiary/aromatic N) is 1. The Bertz CT molecular complexity index is 1900. The van der Waals surface area contributed by atoms with Gasteiger partial charge in [0.1, 0.15) is 0 Å². The van der Waals surface area contributed by atoms with Gasteiger partial charge < -0.3 is 4.90 Å². The molecule has 0 amide bonds. The van der Waals surface area contributed by atoms with E-state index in [2.05, 4.69) is 203 Å². The van der Waals surface area contributed by atoms with Gasteiger partial charge in [-0.1, -0.05) is 162 Å². The molecule has 1 nitrogen and oxygen atoms in total. The maximum absolute atomic E-state index is 3.53. The molecule has 210 valence electrons. The molecular weight excluding hydrogens is 598 g/mol. The minimum Gasteiger partial charge on any atom is -0.309 e. The summed E-state index contributed by atoms with van der Waals surface area (Å²) in [5, 5.41) is 0. The minimum absolute atomic E-state index is 1.09. The first-order chi connectivity index (χ1) is 21.7. The predicted octanol–water partition coefficient (Wildman–Crippen LogP) is 12.6. The zero-order chi connectivity index (χ0) is 29.7. The van der Waals surface area contributed by atoms with E-state index in [0.717, 1.165) is 21.5 Å². The van der Waals surface area contributed by atoms with Crippen molar-refractivity contribution in [3.63, 3.8) is 0 Å². The van der Waals surface area contributed by atoms with Crippen LogP contribution >= 0.6 is 15.9 Å². The summed E-state index contributed by atoms with van der Waals surface area (Å²) in [7, 11) is 0. The highest BCUT2D eigenvalue weighted by Gasteiger charge is 2.20. The molecule has 0 aliphatic heterocycles. The van der Waals surface area contributed by atoms with Crippen molar-refractivity contribution in [1.29, 1.82) is 0 Å². The van der Waals surface area contributed by atoms with E-state index in [-0.39, 0.29) is 0 Å². The van der Waals surface area contributed by atoms with E-state index >= 15 is 0 Å². The Morgan fingerprint density at radius 2 is 0.636 bits per heavy atom. The maximum atomic E-state index is 3.53. The Morgan fingerprint density at radius 1 is 0.295 bits per heavy atom. The zero-order valence-electron chi connectivity index (χ0n) is 24.1. The first kappa shape index (κ1) is 27.6. The molecule has 0 aromatic heterocycles. The van der Waals surface area contributed by atoms with Gasteiger partial charge in [-0.15, -0.1) is 0 Å². The fraction of sp³-hybridized carbons (Fsp3) is 0. The van der Waals surface area contributed by atoms with Crippen molar-refractivity contribution >= 4 is 33.0 Å². The number of anilines is 3. The lowest BCUT2D eigenvalue weighted by Crippen LogP contribution is -2.12. The molecule has 0 radical (unpaired) electrons. The number of para-hydroxylation sites is 2. The fourth-order valence-electron chi connectivity index (χ4n) is 5.77. The average Bonchev–Trinajstić information content (AvgIpc) is 3.10. The van der Waals surface area contributed by atoms with Gasteiger partial charge in [0.25, 0.3) is 0 Å². The van der Waals surface area contributed by atoms with Crippen molar-refractivity contribution in [3.05, 3.63) is 186 Å². The summed E-state index contributed by atoms with van der Waals surface area (Å²) in [6, 6.07) is 64.8. The van der Waals surface area contributed by atoms with Crippen molar-refractivity contribution in [2.24, 2.45) is 0 Å². The molecule has 0 aliphatic rings. The predicted molar refractivity (Wildman–Crippen MR) is 191 cm³/mol. The summed E-state index contributed by atoms with van der Waals surface area (Å²) in [4.78, 5) is 2.39. The summed E-state index contributed by atoms with van der Waals surface area (Å²) < 4.78 is 1.09. The maximum Gasteiger partial charge on any atom is 0.0540 e. The highest BCUT2D eigenvalue weighted by Crippen LogP contribution is 2.44. The Balaban J connectivity index is 1.32. The molecule has 0 N–H and O–H groups in total. The molecule has 0 aliphatic carbocycles. The van der Waals surface area contributed by atoms with Crippen LogP contribution in [-0.4, -0.2) is 0 Å². The van der Waals surface area contributed by atoms with Crippen LogP contribution in [-0.2, 0) is 0 Å². The van der Waals surface area contributed by atoms with Crippen molar-refractivity contribution in [2.45, 2.75) is 0 Å². The van der Waals surface area contributed by atoms with Crippen LogP contribution in [0.15, 0.2) is 186 Å². The molecule has 7 aromatic carbocycles. The first-order valence-electron chi connectivity index (χ1n) is 14.8. The van der Waals surface area contributed by atoms with Gasteiger partial charge in [0.05, 0.1) is 11.4 Å². The van der Waals surface area contributed by atoms with Crippen molar-refractivity contribution in [1.82, 2.24) is 0 Å². The molecule has 7 rings (SSSR count). The number of rotatable bonds is 7. The molecule has 0 saturated carbocycles. The molecule has 44 heavy (non-hydrogen) atoms. The van der Waals surface area contributed by atoms with Gasteiger partial charge in [0, 0.05) is 21.3 Å². The van der Waals surface area contributed by atoms with E-state index in [1.165, 1.54) is 44.5 Å². The smallest absolute Gasteiger partial charge is 0.0540 e. The van der Waals surface area contributed by atoms with Crippen molar-refractivity contribution < 1.29 is 0 Å². The highest BCUT2D eigenvalue weighted by molar-refractivity contribution is 9.10. The molecule has 0 saturated heterocycles. The molecule has 0 bridgehead atoms. The van der Waals surface area contributed by atoms with Crippen LogP contribution in [0.4, 0.5) is 17.1 Å². The standard InChI is InChI=1S/C42H30BrN/c43-37-27-23-33(24-28-37)31-19-21-32(22-20-31)34-25-29-38(30-26-34)44(41-17-9-7-15-39(41)35-11-3-1-4-12-35)42-18-10-8-16-40(42)36-13-5-2-6-14-36/h1-30H. The average molecular weight is 629 g/mol. The number of halogens is 1. The van der Waals surface area contributed by atoms with Crippen LogP contribution in [0.2, 0.25) is 0 Å². The number of benzene rings is 7. The Hall–Kier alpha value is -5.18. The zero-order valence-corrected chi connectivity index (χ0v) is 25.7. The summed E-state index contributed by atoms with van der Waals surface area (Å²) in [5.74, 6) is 0. The van der Waals surface area contributed by atoms with E-state index in [1.807, 2.05) is 0 Å². The van der Waals surface area contributed by atoms with Crippen molar-refractivity contribution in [3.8, 4) is 44.5 Å². The topological polar surface area (TPSA) is 3.24 Å². The number of hydrogen-bond acceptors (Lipinski definition) is 1. The van der Waals surface area contributed by atoms with E-state index < -0.39 is 0 Å². The van der Waals surface area contributed by atoms with E-state index in [0.29, 0.717) is 0 Å². The highest BCUT2D eigenvalue weighted by atomic mass is 79.9. The molecule has 0 unspecified atom stereocenters.